The first kappa shape index (κ1) is 23.0. The van der Waals surface area contributed by atoms with Crippen LogP contribution in [0.3, 0.4) is 0 Å². The summed E-state index contributed by atoms with van der Waals surface area (Å²) in [6.07, 6.45) is 1.92. The van der Waals surface area contributed by atoms with Crippen LogP contribution in [0.4, 0.5) is 5.69 Å². The van der Waals surface area contributed by atoms with Gasteiger partial charge in [-0.2, -0.15) is 0 Å². The average molecular weight is 415 g/mol. The molecule has 156 valence electrons. The zero-order chi connectivity index (χ0) is 21.3. The van der Waals surface area contributed by atoms with Crippen molar-refractivity contribution in [1.29, 1.82) is 0 Å². The van der Waals surface area contributed by atoms with Crippen molar-refractivity contribution in [1.82, 2.24) is 0 Å². The number of hydrogen-bond donors (Lipinski definition) is 2. The lowest BCUT2D eigenvalue weighted by atomic mass is 9.86. The van der Waals surface area contributed by atoms with Crippen molar-refractivity contribution in [2.75, 3.05) is 33.2 Å². The monoisotopic (exact) mass is 414 g/mol. The first-order valence-electron chi connectivity index (χ1n) is 9.49. The third kappa shape index (κ3) is 5.40. The molecule has 29 heavy (non-hydrogen) atoms. The number of rotatable bonds is 11. The minimum atomic E-state index is -3.01. The molecule has 0 spiro atoms. The lowest BCUT2D eigenvalue weighted by molar-refractivity contribution is -0.111. The van der Waals surface area contributed by atoms with Gasteiger partial charge in [-0.15, -0.1) is 0 Å². The normalized spacial score (nSPS) is 13.5. The van der Waals surface area contributed by atoms with Gasteiger partial charge in [-0.05, 0) is 42.3 Å². The second-order valence-corrected chi connectivity index (χ2v) is 9.78. The van der Waals surface area contributed by atoms with Crippen LogP contribution in [0.15, 0.2) is 67.3 Å². The Kier molecular flexibility index (Phi) is 8.75. The van der Waals surface area contributed by atoms with Crippen LogP contribution in [0.5, 0.6) is 0 Å². The first-order chi connectivity index (χ1) is 14.0. The topological polar surface area (TPSA) is 82.8 Å². The lowest BCUT2D eigenvalue weighted by Gasteiger charge is -2.38. The third-order valence-corrected chi connectivity index (χ3v) is 8.31. The molecule has 0 bridgehead atoms. The van der Waals surface area contributed by atoms with Crippen LogP contribution in [-0.4, -0.2) is 42.6 Å². The Bertz CT molecular complexity index is 771. The molecule has 0 radical (unpaired) electrons. The number of anilines is 1. The van der Waals surface area contributed by atoms with Crippen LogP contribution < -0.4 is 11.1 Å². The molecular formula is C22H30N2O4Si. The number of nitrogens with one attached hydrogen (secondary N) is 1. The van der Waals surface area contributed by atoms with E-state index in [0.717, 1.165) is 11.1 Å². The summed E-state index contributed by atoms with van der Waals surface area (Å²) in [5.41, 5.74) is 8.79. The number of carbonyl (C=O) groups is 1. The van der Waals surface area contributed by atoms with Crippen LogP contribution >= 0.6 is 0 Å². The van der Waals surface area contributed by atoms with E-state index in [1.807, 2.05) is 42.5 Å². The number of benzene rings is 2. The van der Waals surface area contributed by atoms with Gasteiger partial charge in [0.25, 0.3) is 0 Å². The molecule has 0 heterocycles. The van der Waals surface area contributed by atoms with Gasteiger partial charge < -0.3 is 24.3 Å². The summed E-state index contributed by atoms with van der Waals surface area (Å²) in [6.45, 7) is 3.96. The molecule has 0 aliphatic heterocycles. The highest BCUT2D eigenvalue weighted by Gasteiger charge is 2.51. The van der Waals surface area contributed by atoms with Gasteiger partial charge in [0, 0.05) is 38.5 Å². The Hall–Kier alpha value is -2.29. The maximum atomic E-state index is 11.6. The predicted molar refractivity (Wildman–Crippen MR) is 118 cm³/mol. The third-order valence-electron chi connectivity index (χ3n) is 5.07. The zero-order valence-corrected chi connectivity index (χ0v) is 18.3. The molecule has 1 amide bonds. The minimum absolute atomic E-state index is 0.0459. The summed E-state index contributed by atoms with van der Waals surface area (Å²) < 4.78 is 17.5. The van der Waals surface area contributed by atoms with Crippen molar-refractivity contribution < 1.29 is 18.1 Å². The Morgan fingerprint density at radius 3 is 2.07 bits per heavy atom. The van der Waals surface area contributed by atoms with E-state index in [1.54, 1.807) is 21.3 Å². The van der Waals surface area contributed by atoms with Crippen LogP contribution in [0.25, 0.3) is 0 Å². The Morgan fingerprint density at radius 1 is 1.03 bits per heavy atom. The summed E-state index contributed by atoms with van der Waals surface area (Å²) in [7, 11) is 1.87. The van der Waals surface area contributed by atoms with Gasteiger partial charge in [0.05, 0.1) is 0 Å². The van der Waals surface area contributed by atoms with E-state index >= 15 is 0 Å². The quantitative estimate of drug-likeness (QED) is 0.434. The molecule has 2 atom stereocenters. The summed E-state index contributed by atoms with van der Waals surface area (Å²) in [5.74, 6) is -0.293. The van der Waals surface area contributed by atoms with Crippen molar-refractivity contribution in [2.45, 2.75) is 17.9 Å². The number of amides is 1. The molecule has 2 aromatic rings. The maximum absolute atomic E-state index is 11.6. The molecular weight excluding hydrogens is 384 g/mol. The van der Waals surface area contributed by atoms with E-state index in [0.29, 0.717) is 18.7 Å². The van der Waals surface area contributed by atoms with Gasteiger partial charge >= 0.3 is 8.80 Å². The molecule has 0 aliphatic carbocycles. The van der Waals surface area contributed by atoms with E-state index < -0.39 is 8.80 Å². The Labute approximate surface area is 174 Å². The zero-order valence-electron chi connectivity index (χ0n) is 17.3. The maximum Gasteiger partial charge on any atom is 0.504 e. The van der Waals surface area contributed by atoms with Crippen molar-refractivity contribution in [3.63, 3.8) is 0 Å². The van der Waals surface area contributed by atoms with Gasteiger partial charge in [0.2, 0.25) is 5.91 Å². The standard InChI is InChI=1S/C22H30N2O4Si/c1-5-21(25)24-19-13-11-18(12-14-19)22(17-9-7-6-8-10-17)20(15-16-23)29(26-2,27-3)28-4/h5-14,20,22H,1,15-16,23H2,2-4H3,(H,24,25). The second-order valence-electron chi connectivity index (χ2n) is 6.60. The van der Waals surface area contributed by atoms with E-state index in [4.69, 9.17) is 19.0 Å². The molecule has 6 nitrogen and oxygen atoms in total. The van der Waals surface area contributed by atoms with Crippen molar-refractivity contribution in [2.24, 2.45) is 5.73 Å². The van der Waals surface area contributed by atoms with E-state index in [9.17, 15) is 4.79 Å². The summed E-state index contributed by atoms with van der Waals surface area (Å²) in [4.78, 5) is 11.6. The Balaban J connectivity index is 2.54. The molecule has 0 aliphatic rings. The highest BCUT2D eigenvalue weighted by Crippen LogP contribution is 2.44. The second kappa shape index (κ2) is 11.0. The average Bonchev–Trinajstić information content (AvgIpc) is 2.77. The smallest absolute Gasteiger partial charge is 0.377 e. The molecule has 0 saturated heterocycles. The molecule has 2 aromatic carbocycles. The predicted octanol–water partition coefficient (Wildman–Crippen LogP) is 3.54. The molecule has 0 fully saturated rings. The fourth-order valence-electron chi connectivity index (χ4n) is 3.72. The summed E-state index contributed by atoms with van der Waals surface area (Å²) in [5, 5.41) is 2.77. The fraction of sp³-hybridized carbons (Fsp3) is 0.318. The first-order valence-corrected chi connectivity index (χ1v) is 11.3. The molecule has 7 heteroatoms. The van der Waals surface area contributed by atoms with Gasteiger partial charge in [0.1, 0.15) is 0 Å². The number of carbonyl (C=O) groups excluding carboxylic acids is 1. The summed E-state index contributed by atoms with van der Waals surface area (Å²) >= 11 is 0. The molecule has 0 saturated carbocycles. The number of nitrogens with two attached hydrogens (primary N) is 1. The van der Waals surface area contributed by atoms with Crippen LogP contribution in [-0.2, 0) is 18.1 Å². The lowest BCUT2D eigenvalue weighted by Crippen LogP contribution is -2.50. The minimum Gasteiger partial charge on any atom is -0.377 e. The molecule has 3 N–H and O–H groups in total. The van der Waals surface area contributed by atoms with E-state index in [2.05, 4.69) is 24.0 Å². The molecule has 2 unspecified atom stereocenters. The van der Waals surface area contributed by atoms with Crippen molar-refractivity contribution >= 4 is 20.4 Å². The van der Waals surface area contributed by atoms with Gasteiger partial charge in [-0.3, -0.25) is 4.79 Å². The van der Waals surface area contributed by atoms with Crippen LogP contribution in [0.1, 0.15) is 23.5 Å². The fourth-order valence-corrected chi connectivity index (χ4v) is 6.44. The van der Waals surface area contributed by atoms with Crippen molar-refractivity contribution in [3.05, 3.63) is 78.4 Å². The summed E-state index contributed by atoms with van der Waals surface area (Å²) in [6, 6.07) is 17.9. The largest absolute Gasteiger partial charge is 0.504 e. The van der Waals surface area contributed by atoms with Crippen LogP contribution in [0, 0.1) is 0 Å². The SMILES string of the molecule is C=CC(=O)Nc1ccc(C(c2ccccc2)C(CCN)[Si](OC)(OC)OC)cc1. The molecule has 2 rings (SSSR count). The van der Waals surface area contributed by atoms with Gasteiger partial charge in [-0.1, -0.05) is 49.0 Å². The molecule has 0 aromatic heterocycles. The van der Waals surface area contributed by atoms with Gasteiger partial charge in [-0.25, -0.2) is 0 Å². The van der Waals surface area contributed by atoms with E-state index in [-0.39, 0.29) is 17.4 Å². The van der Waals surface area contributed by atoms with Gasteiger partial charge in [0.15, 0.2) is 0 Å². The van der Waals surface area contributed by atoms with E-state index in [1.165, 1.54) is 6.08 Å². The van der Waals surface area contributed by atoms with Crippen molar-refractivity contribution in [3.8, 4) is 0 Å². The highest BCUT2D eigenvalue weighted by atomic mass is 28.4. The van der Waals surface area contributed by atoms with Crippen LogP contribution in [0.2, 0.25) is 5.54 Å². The Morgan fingerprint density at radius 2 is 1.59 bits per heavy atom. The highest BCUT2D eigenvalue weighted by molar-refractivity contribution is 6.62. The number of hydrogen-bond acceptors (Lipinski definition) is 5.